The van der Waals surface area contributed by atoms with Crippen molar-refractivity contribution in [2.45, 2.75) is 63.5 Å². The lowest BCUT2D eigenvalue weighted by molar-refractivity contribution is -0.138. The van der Waals surface area contributed by atoms with Crippen LogP contribution in [-0.4, -0.2) is 76.3 Å². The number of hydrogen-bond donors (Lipinski definition) is 3. The van der Waals surface area contributed by atoms with E-state index in [0.29, 0.717) is 48.5 Å². The minimum Gasteiger partial charge on any atom is -0.496 e. The van der Waals surface area contributed by atoms with Gasteiger partial charge >= 0.3 is 12.1 Å². The number of nitrogens with zero attached hydrogens (tertiary/aromatic N) is 5. The summed E-state index contributed by atoms with van der Waals surface area (Å²) in [5.74, 6) is -1.41. The summed E-state index contributed by atoms with van der Waals surface area (Å²) in [5.41, 5.74) is 1.51. The Bertz CT molecular complexity index is 1870. The molecule has 6 rings (SSSR count). The van der Waals surface area contributed by atoms with Crippen LogP contribution in [0.5, 0.6) is 5.75 Å². The number of H-pyrrole nitrogens is 1. The highest BCUT2D eigenvalue weighted by Gasteiger charge is 2.40. The second-order valence-electron chi connectivity index (χ2n) is 13.0. The molecule has 4 aromatic heterocycles. The zero-order chi connectivity index (χ0) is 34.9. The maximum Gasteiger partial charge on any atom is 0.418 e. The van der Waals surface area contributed by atoms with Gasteiger partial charge in [-0.3, -0.25) is 24.9 Å². The van der Waals surface area contributed by atoms with Crippen LogP contribution in [0.15, 0.2) is 30.6 Å². The van der Waals surface area contributed by atoms with Crippen LogP contribution in [0.1, 0.15) is 78.2 Å². The summed E-state index contributed by atoms with van der Waals surface area (Å²) in [6.45, 7) is 1.18. The Morgan fingerprint density at radius 2 is 1.86 bits per heavy atom. The number of aromatic nitrogens is 5. The number of imidazole rings is 1. The van der Waals surface area contributed by atoms with Gasteiger partial charge in [-0.05, 0) is 44.2 Å². The smallest absolute Gasteiger partial charge is 0.418 e. The minimum absolute atomic E-state index is 0.00613. The van der Waals surface area contributed by atoms with Gasteiger partial charge in [0.15, 0.2) is 5.65 Å². The molecule has 0 spiro atoms. The first-order chi connectivity index (χ1) is 23.4. The lowest BCUT2D eigenvalue weighted by Crippen LogP contribution is -2.37. The standard InChI is InChI=1S/C34H38F3N7O5/c1-44(17-33(18-48-2)10-4-5-11-33)25-13-23(21-12-22(34(35,36)37)28(39-16-21)19-6-7-19)40-30-29(25)41-32(42-30)43-31(47)24-14-26(49-3)20(15-38-24)8-9-27(45)46/h12-16,19H,4-11,17-18H2,1-3H3,(H,45,46)(H2,40,41,42,43,47). The van der Waals surface area contributed by atoms with Gasteiger partial charge in [-0.2, -0.15) is 18.2 Å². The molecule has 2 aliphatic rings. The Morgan fingerprint density at radius 1 is 1.10 bits per heavy atom. The van der Waals surface area contributed by atoms with Crippen molar-refractivity contribution < 1.29 is 37.3 Å². The summed E-state index contributed by atoms with van der Waals surface area (Å²) < 4.78 is 53.5. The van der Waals surface area contributed by atoms with E-state index in [-0.39, 0.29) is 58.4 Å². The Balaban J connectivity index is 1.37. The van der Waals surface area contributed by atoms with Crippen molar-refractivity contribution in [2.75, 3.05) is 44.6 Å². The number of amides is 1. The molecular formula is C34H38F3N7O5. The Hall–Kier alpha value is -4.79. The van der Waals surface area contributed by atoms with Gasteiger partial charge in [-0.15, -0.1) is 0 Å². The number of pyridine rings is 3. The van der Waals surface area contributed by atoms with Crippen molar-refractivity contribution in [2.24, 2.45) is 5.41 Å². The number of ether oxygens (including phenoxy) is 2. The molecule has 2 saturated carbocycles. The van der Waals surface area contributed by atoms with Crippen molar-refractivity contribution in [3.63, 3.8) is 0 Å². The highest BCUT2D eigenvalue weighted by Crippen LogP contribution is 2.46. The van der Waals surface area contributed by atoms with Crippen LogP contribution < -0.4 is 15.0 Å². The monoisotopic (exact) mass is 681 g/mol. The molecule has 15 heteroatoms. The first-order valence-corrected chi connectivity index (χ1v) is 16.1. The lowest BCUT2D eigenvalue weighted by atomic mass is 9.86. The van der Waals surface area contributed by atoms with Gasteiger partial charge < -0.3 is 24.5 Å². The van der Waals surface area contributed by atoms with Crippen molar-refractivity contribution in [1.82, 2.24) is 24.9 Å². The Morgan fingerprint density at radius 3 is 2.51 bits per heavy atom. The Kier molecular flexibility index (Phi) is 9.47. The van der Waals surface area contributed by atoms with Crippen molar-refractivity contribution in [3.05, 3.63) is 53.1 Å². The molecule has 4 aromatic rings. The fourth-order valence-electron chi connectivity index (χ4n) is 6.75. The average Bonchev–Trinajstić information content (AvgIpc) is 3.68. The van der Waals surface area contributed by atoms with E-state index in [1.54, 1.807) is 13.2 Å². The van der Waals surface area contributed by atoms with Gasteiger partial charge in [0.2, 0.25) is 5.95 Å². The number of carboxylic acids is 1. The fraction of sp³-hybridized carbons (Fsp3) is 0.471. The molecule has 260 valence electrons. The molecule has 0 aromatic carbocycles. The van der Waals surface area contributed by atoms with Crippen LogP contribution in [0.4, 0.5) is 24.8 Å². The van der Waals surface area contributed by atoms with Gasteiger partial charge in [0.05, 0.1) is 36.4 Å². The molecule has 2 fully saturated rings. The number of alkyl halides is 3. The lowest BCUT2D eigenvalue weighted by Gasteiger charge is -2.34. The summed E-state index contributed by atoms with van der Waals surface area (Å²) in [4.78, 5) is 47.0. The molecule has 4 heterocycles. The zero-order valence-electron chi connectivity index (χ0n) is 27.5. The number of carbonyl (C=O) groups is 2. The number of halogens is 3. The van der Waals surface area contributed by atoms with Crippen LogP contribution in [0.3, 0.4) is 0 Å². The molecular weight excluding hydrogens is 643 g/mol. The molecule has 0 radical (unpaired) electrons. The molecule has 3 N–H and O–H groups in total. The van der Waals surface area contributed by atoms with Gasteiger partial charge in [-0.1, -0.05) is 12.8 Å². The van der Waals surface area contributed by atoms with Gasteiger partial charge in [0.1, 0.15) is 17.0 Å². The van der Waals surface area contributed by atoms with Crippen molar-refractivity contribution in [1.29, 1.82) is 0 Å². The normalized spacial score (nSPS) is 15.8. The van der Waals surface area contributed by atoms with E-state index < -0.39 is 23.6 Å². The highest BCUT2D eigenvalue weighted by molar-refractivity contribution is 6.03. The van der Waals surface area contributed by atoms with Crippen LogP contribution in [0.2, 0.25) is 0 Å². The first-order valence-electron chi connectivity index (χ1n) is 16.1. The van der Waals surface area contributed by atoms with Crippen LogP contribution in [-0.2, 0) is 22.1 Å². The molecule has 49 heavy (non-hydrogen) atoms. The van der Waals surface area contributed by atoms with Gasteiger partial charge in [-0.25, -0.2) is 4.98 Å². The third-order valence-electron chi connectivity index (χ3n) is 9.26. The van der Waals surface area contributed by atoms with Gasteiger partial charge in [0.25, 0.3) is 5.91 Å². The van der Waals surface area contributed by atoms with E-state index in [2.05, 4.69) is 30.2 Å². The van der Waals surface area contributed by atoms with E-state index in [1.807, 2.05) is 11.9 Å². The average molecular weight is 682 g/mol. The third-order valence-corrected chi connectivity index (χ3v) is 9.26. The number of hydrogen-bond acceptors (Lipinski definition) is 9. The third kappa shape index (κ3) is 7.46. The number of anilines is 2. The number of aliphatic carboxylic acids is 1. The predicted molar refractivity (Wildman–Crippen MR) is 175 cm³/mol. The van der Waals surface area contributed by atoms with E-state index in [1.165, 1.54) is 25.6 Å². The van der Waals surface area contributed by atoms with Crippen molar-refractivity contribution >= 4 is 34.7 Å². The second kappa shape index (κ2) is 13.6. The molecule has 0 atom stereocenters. The summed E-state index contributed by atoms with van der Waals surface area (Å²) in [6.07, 6.45) is 3.76. The second-order valence-corrected chi connectivity index (χ2v) is 13.0. The van der Waals surface area contributed by atoms with Crippen LogP contribution in [0.25, 0.3) is 22.4 Å². The maximum atomic E-state index is 14.2. The molecule has 1 amide bonds. The molecule has 12 nitrogen and oxygen atoms in total. The molecule has 0 aliphatic heterocycles. The number of rotatable bonds is 13. The summed E-state index contributed by atoms with van der Waals surface area (Å²) in [6, 6.07) is 4.24. The predicted octanol–water partition coefficient (Wildman–Crippen LogP) is 6.23. The molecule has 0 unspecified atom stereocenters. The quantitative estimate of drug-likeness (QED) is 0.148. The van der Waals surface area contributed by atoms with Crippen molar-refractivity contribution in [3.8, 4) is 17.0 Å². The van der Waals surface area contributed by atoms with Gasteiger partial charge in [0, 0.05) is 68.0 Å². The summed E-state index contributed by atoms with van der Waals surface area (Å²) in [5, 5.41) is 11.7. The zero-order valence-corrected chi connectivity index (χ0v) is 27.5. The van der Waals surface area contributed by atoms with E-state index in [0.717, 1.165) is 31.7 Å². The van der Waals surface area contributed by atoms with Crippen LogP contribution in [0, 0.1) is 5.41 Å². The first kappa shape index (κ1) is 34.1. The fourth-order valence-corrected chi connectivity index (χ4v) is 6.75. The number of carboxylic acid groups (broad SMARTS) is 1. The number of nitrogens with one attached hydrogen (secondary N) is 2. The maximum absolute atomic E-state index is 14.2. The number of carbonyl (C=O) groups excluding carboxylic acids is 1. The minimum atomic E-state index is -4.57. The van der Waals surface area contributed by atoms with E-state index in [4.69, 9.17) is 14.6 Å². The molecule has 0 saturated heterocycles. The SMILES string of the molecule is COCC1(CN(C)c2cc(-c3cnc(C4CC4)c(C(F)(F)F)c3)nc3nc(NC(=O)c4cc(OC)c(CCC(=O)O)cn4)[nH]c23)CCCC1. The number of fused-ring (bicyclic) bond motifs is 1. The topological polar surface area (TPSA) is 155 Å². The number of methoxy groups -OCH3 is 2. The summed E-state index contributed by atoms with van der Waals surface area (Å²) >= 11 is 0. The summed E-state index contributed by atoms with van der Waals surface area (Å²) in [7, 11) is 5.00. The largest absolute Gasteiger partial charge is 0.496 e. The molecule has 2 aliphatic carbocycles. The Labute approximate surface area is 280 Å². The highest BCUT2D eigenvalue weighted by atomic mass is 19.4. The van der Waals surface area contributed by atoms with E-state index >= 15 is 0 Å². The van der Waals surface area contributed by atoms with Crippen LogP contribution >= 0.6 is 0 Å². The number of aryl methyl sites for hydroxylation is 1. The number of aromatic amines is 1. The van der Waals surface area contributed by atoms with E-state index in [9.17, 15) is 22.8 Å². The molecule has 0 bridgehead atoms.